The van der Waals surface area contributed by atoms with Crippen molar-refractivity contribution in [1.82, 2.24) is 4.98 Å². The number of carboxylic acids is 1. The van der Waals surface area contributed by atoms with Crippen molar-refractivity contribution in [2.45, 2.75) is 13.5 Å². The molecule has 0 amide bonds. The average molecular weight is 321 g/mol. The van der Waals surface area contributed by atoms with Gasteiger partial charge in [0.25, 0.3) is 0 Å². The Bertz CT molecular complexity index is 597. The monoisotopic (exact) mass is 320 g/mol. The number of benzene rings is 1. The molecule has 0 spiro atoms. The van der Waals surface area contributed by atoms with Crippen LogP contribution in [0.15, 0.2) is 41.0 Å². The molecule has 2 N–H and O–H groups in total. The Labute approximate surface area is 119 Å². The van der Waals surface area contributed by atoms with Crippen molar-refractivity contribution in [1.29, 1.82) is 0 Å². The summed E-state index contributed by atoms with van der Waals surface area (Å²) in [5, 5.41) is 12.2. The molecule has 2 aromatic rings. The molecule has 98 valence electrons. The summed E-state index contributed by atoms with van der Waals surface area (Å²) in [6.07, 6.45) is 1.38. The maximum atomic E-state index is 11.1. The van der Waals surface area contributed by atoms with Crippen LogP contribution >= 0.6 is 15.9 Å². The number of hydrogen-bond acceptors (Lipinski definition) is 3. The summed E-state index contributed by atoms with van der Waals surface area (Å²) in [5.74, 6) is -0.981. The molecule has 1 aromatic heterocycles. The number of aryl methyl sites for hydroxylation is 1. The number of nitrogens with zero attached hydrogens (tertiary/aromatic N) is 1. The van der Waals surface area contributed by atoms with E-state index in [2.05, 4.69) is 26.2 Å². The van der Waals surface area contributed by atoms with Gasteiger partial charge < -0.3 is 10.4 Å². The summed E-state index contributed by atoms with van der Waals surface area (Å²) in [6, 6.07) is 9.60. The molecule has 0 unspecified atom stereocenters. The number of pyridine rings is 1. The number of carbonyl (C=O) groups is 1. The fourth-order valence-electron chi connectivity index (χ4n) is 1.68. The van der Waals surface area contributed by atoms with E-state index in [1.165, 1.54) is 6.20 Å². The molecule has 0 aliphatic carbocycles. The number of anilines is 1. The molecule has 0 radical (unpaired) electrons. The zero-order valence-corrected chi connectivity index (χ0v) is 11.9. The molecule has 2 rings (SSSR count). The van der Waals surface area contributed by atoms with Gasteiger partial charge in [0, 0.05) is 22.9 Å². The van der Waals surface area contributed by atoms with Gasteiger partial charge in [0.05, 0.1) is 5.69 Å². The van der Waals surface area contributed by atoms with Crippen LogP contribution < -0.4 is 5.32 Å². The van der Waals surface area contributed by atoms with Crippen LogP contribution in [0.5, 0.6) is 0 Å². The van der Waals surface area contributed by atoms with Crippen molar-refractivity contribution in [3.05, 3.63) is 57.8 Å². The minimum absolute atomic E-state index is 0.183. The number of hydrogen-bond donors (Lipinski definition) is 2. The van der Waals surface area contributed by atoms with E-state index in [0.717, 1.165) is 15.7 Å². The molecule has 0 bridgehead atoms. The average Bonchev–Trinajstić information content (AvgIpc) is 2.38. The maximum Gasteiger partial charge on any atom is 0.339 e. The lowest BCUT2D eigenvalue weighted by molar-refractivity contribution is 0.0697. The van der Waals surface area contributed by atoms with Gasteiger partial charge in [-0.3, -0.25) is 4.98 Å². The molecule has 0 atom stereocenters. The highest BCUT2D eigenvalue weighted by Crippen LogP contribution is 2.17. The predicted molar refractivity (Wildman–Crippen MR) is 77.4 cm³/mol. The molecule has 1 aromatic carbocycles. The number of halogens is 1. The van der Waals surface area contributed by atoms with E-state index in [1.54, 1.807) is 6.07 Å². The summed E-state index contributed by atoms with van der Waals surface area (Å²) in [6.45, 7) is 2.40. The van der Waals surface area contributed by atoms with Gasteiger partial charge in [-0.2, -0.15) is 0 Å². The van der Waals surface area contributed by atoms with E-state index in [4.69, 9.17) is 5.11 Å². The van der Waals surface area contributed by atoms with E-state index >= 15 is 0 Å². The van der Waals surface area contributed by atoms with E-state index in [-0.39, 0.29) is 5.56 Å². The number of aromatic nitrogens is 1. The normalized spacial score (nSPS) is 10.2. The second-order valence-corrected chi connectivity index (χ2v) is 5.07. The van der Waals surface area contributed by atoms with Gasteiger partial charge in [-0.05, 0) is 30.7 Å². The van der Waals surface area contributed by atoms with Crippen molar-refractivity contribution < 1.29 is 9.90 Å². The number of carboxylic acid groups (broad SMARTS) is 1. The first kappa shape index (κ1) is 13.5. The fourth-order valence-corrected chi connectivity index (χ4v) is 1.94. The summed E-state index contributed by atoms with van der Waals surface area (Å²) < 4.78 is 1.02. The van der Waals surface area contributed by atoms with Gasteiger partial charge in [-0.25, -0.2) is 4.79 Å². The molecular weight excluding hydrogens is 308 g/mol. The first-order valence-corrected chi connectivity index (χ1v) is 6.54. The Balaban J connectivity index is 2.16. The van der Waals surface area contributed by atoms with Gasteiger partial charge in [-0.15, -0.1) is 0 Å². The van der Waals surface area contributed by atoms with Crippen molar-refractivity contribution in [3.63, 3.8) is 0 Å². The van der Waals surface area contributed by atoms with Gasteiger partial charge in [-0.1, -0.05) is 28.1 Å². The van der Waals surface area contributed by atoms with Gasteiger partial charge in [0.2, 0.25) is 0 Å². The lowest BCUT2D eigenvalue weighted by atomic mass is 10.2. The molecule has 0 saturated heterocycles. The summed E-state index contributed by atoms with van der Waals surface area (Å²) in [7, 11) is 0. The molecule has 1 heterocycles. The SMILES string of the molecule is Cc1cc(NCc2ccc(Br)cc2)c(C(=O)O)cn1. The Hall–Kier alpha value is -1.88. The standard InChI is InChI=1S/C14H13BrN2O2/c1-9-6-13(12(8-16-9)14(18)19)17-7-10-2-4-11(15)5-3-10/h2-6,8H,7H2,1H3,(H,16,17)(H,18,19). The third kappa shape index (κ3) is 3.54. The van der Waals surface area contributed by atoms with Crippen molar-refractivity contribution in [3.8, 4) is 0 Å². The van der Waals surface area contributed by atoms with E-state index in [9.17, 15) is 4.79 Å². The fraction of sp³-hybridized carbons (Fsp3) is 0.143. The highest BCUT2D eigenvalue weighted by molar-refractivity contribution is 9.10. The highest BCUT2D eigenvalue weighted by atomic mass is 79.9. The van der Waals surface area contributed by atoms with Gasteiger partial charge in [0.15, 0.2) is 0 Å². The Morgan fingerprint density at radius 1 is 1.37 bits per heavy atom. The van der Waals surface area contributed by atoms with Crippen LogP contribution in [-0.4, -0.2) is 16.1 Å². The van der Waals surface area contributed by atoms with Crippen LogP contribution in [0, 0.1) is 6.92 Å². The van der Waals surface area contributed by atoms with Crippen molar-refractivity contribution >= 4 is 27.6 Å². The molecule has 0 aliphatic rings. The molecule has 5 heteroatoms. The molecular formula is C14H13BrN2O2. The predicted octanol–water partition coefficient (Wildman–Crippen LogP) is 3.46. The largest absolute Gasteiger partial charge is 0.478 e. The third-order valence-corrected chi connectivity index (χ3v) is 3.20. The number of nitrogens with one attached hydrogen (secondary N) is 1. The number of rotatable bonds is 4. The zero-order chi connectivity index (χ0) is 13.8. The van der Waals surface area contributed by atoms with Gasteiger partial charge >= 0.3 is 5.97 Å². The molecule has 0 aliphatic heterocycles. The smallest absolute Gasteiger partial charge is 0.339 e. The van der Waals surface area contributed by atoms with Crippen molar-refractivity contribution in [2.24, 2.45) is 0 Å². The molecule has 0 fully saturated rings. The zero-order valence-electron chi connectivity index (χ0n) is 10.4. The minimum Gasteiger partial charge on any atom is -0.478 e. The first-order chi connectivity index (χ1) is 9.06. The van der Waals surface area contributed by atoms with Crippen LogP contribution in [0.1, 0.15) is 21.6 Å². The van der Waals surface area contributed by atoms with Crippen LogP contribution in [0.3, 0.4) is 0 Å². The first-order valence-electron chi connectivity index (χ1n) is 5.74. The molecule has 4 nitrogen and oxygen atoms in total. The minimum atomic E-state index is -0.981. The highest BCUT2D eigenvalue weighted by Gasteiger charge is 2.10. The lowest BCUT2D eigenvalue weighted by Crippen LogP contribution is -2.07. The van der Waals surface area contributed by atoms with Crippen molar-refractivity contribution in [2.75, 3.05) is 5.32 Å². The molecule has 0 saturated carbocycles. The maximum absolute atomic E-state index is 11.1. The second kappa shape index (κ2) is 5.84. The lowest BCUT2D eigenvalue weighted by Gasteiger charge is -2.10. The van der Waals surface area contributed by atoms with E-state index in [0.29, 0.717) is 12.2 Å². The summed E-state index contributed by atoms with van der Waals surface area (Å²) >= 11 is 3.38. The van der Waals surface area contributed by atoms with Gasteiger partial charge in [0.1, 0.15) is 5.56 Å². The van der Waals surface area contributed by atoms with Crippen LogP contribution in [0.25, 0.3) is 0 Å². The third-order valence-electron chi connectivity index (χ3n) is 2.67. The summed E-state index contributed by atoms with van der Waals surface area (Å²) in [4.78, 5) is 15.1. The van der Waals surface area contributed by atoms with Crippen LogP contribution in [0.4, 0.5) is 5.69 Å². The Morgan fingerprint density at radius 3 is 2.68 bits per heavy atom. The second-order valence-electron chi connectivity index (χ2n) is 4.16. The van der Waals surface area contributed by atoms with E-state index < -0.39 is 5.97 Å². The number of aromatic carboxylic acids is 1. The van der Waals surface area contributed by atoms with Crippen LogP contribution in [-0.2, 0) is 6.54 Å². The van der Waals surface area contributed by atoms with Crippen LogP contribution in [0.2, 0.25) is 0 Å². The quantitative estimate of drug-likeness (QED) is 0.905. The Morgan fingerprint density at radius 2 is 2.05 bits per heavy atom. The van der Waals surface area contributed by atoms with E-state index in [1.807, 2.05) is 31.2 Å². The molecule has 19 heavy (non-hydrogen) atoms. The topological polar surface area (TPSA) is 62.2 Å². The Kier molecular flexibility index (Phi) is 4.16. The summed E-state index contributed by atoms with van der Waals surface area (Å²) in [5.41, 5.74) is 2.63.